The summed E-state index contributed by atoms with van der Waals surface area (Å²) >= 11 is 0. The Kier molecular flexibility index (Phi) is 7.48. The average Bonchev–Trinajstić information content (AvgIpc) is 2.67. The molecule has 0 radical (unpaired) electrons. The normalized spacial score (nSPS) is 11.9. The SMILES string of the molecule is CN=C(NCc1ccnc(OC)c1)NCc1ccc(C)cc1OCC(F)(F)F. The Morgan fingerprint density at radius 1 is 1.14 bits per heavy atom. The number of ether oxygens (including phenoxy) is 2. The molecule has 0 saturated carbocycles. The predicted molar refractivity (Wildman–Crippen MR) is 101 cm³/mol. The molecule has 2 N–H and O–H groups in total. The highest BCUT2D eigenvalue weighted by Crippen LogP contribution is 2.23. The van der Waals surface area contributed by atoms with E-state index in [1.54, 1.807) is 45.5 Å². The minimum atomic E-state index is -4.39. The van der Waals surface area contributed by atoms with Crippen molar-refractivity contribution in [2.45, 2.75) is 26.2 Å². The highest BCUT2D eigenvalue weighted by Gasteiger charge is 2.28. The summed E-state index contributed by atoms with van der Waals surface area (Å²) in [6.07, 6.45) is -2.75. The van der Waals surface area contributed by atoms with E-state index in [-0.39, 0.29) is 12.3 Å². The number of benzene rings is 1. The number of methoxy groups -OCH3 is 1. The Bertz CT molecular complexity index is 810. The van der Waals surface area contributed by atoms with Gasteiger partial charge in [-0.2, -0.15) is 13.2 Å². The van der Waals surface area contributed by atoms with Gasteiger partial charge in [0, 0.05) is 38.0 Å². The van der Waals surface area contributed by atoms with Gasteiger partial charge in [0.15, 0.2) is 12.6 Å². The van der Waals surface area contributed by atoms with Gasteiger partial charge in [-0.15, -0.1) is 0 Å². The van der Waals surface area contributed by atoms with Crippen LogP contribution in [-0.2, 0) is 13.1 Å². The zero-order valence-corrected chi connectivity index (χ0v) is 15.9. The average molecular weight is 396 g/mol. The summed E-state index contributed by atoms with van der Waals surface area (Å²) in [7, 11) is 3.15. The van der Waals surface area contributed by atoms with Crippen LogP contribution in [0.2, 0.25) is 0 Å². The van der Waals surface area contributed by atoms with Crippen LogP contribution in [0.4, 0.5) is 13.2 Å². The molecular weight excluding hydrogens is 373 g/mol. The van der Waals surface area contributed by atoms with Crippen LogP contribution in [0, 0.1) is 6.92 Å². The number of nitrogens with one attached hydrogen (secondary N) is 2. The summed E-state index contributed by atoms with van der Waals surface area (Å²) in [5, 5.41) is 6.20. The van der Waals surface area contributed by atoms with Gasteiger partial charge in [-0.3, -0.25) is 4.99 Å². The zero-order chi connectivity index (χ0) is 20.6. The fourth-order valence-electron chi connectivity index (χ4n) is 2.36. The third kappa shape index (κ3) is 6.98. The van der Waals surface area contributed by atoms with E-state index < -0.39 is 12.8 Å². The van der Waals surface area contributed by atoms with Gasteiger partial charge in [-0.25, -0.2) is 4.98 Å². The van der Waals surface area contributed by atoms with E-state index >= 15 is 0 Å². The van der Waals surface area contributed by atoms with Crippen LogP contribution in [0.1, 0.15) is 16.7 Å². The van der Waals surface area contributed by atoms with Crippen LogP contribution in [0.15, 0.2) is 41.5 Å². The molecule has 6 nitrogen and oxygen atoms in total. The number of halogens is 3. The van der Waals surface area contributed by atoms with E-state index in [1.165, 1.54) is 0 Å². The van der Waals surface area contributed by atoms with E-state index in [9.17, 15) is 13.2 Å². The maximum atomic E-state index is 12.5. The molecule has 28 heavy (non-hydrogen) atoms. The van der Waals surface area contributed by atoms with Crippen LogP contribution < -0.4 is 20.1 Å². The lowest BCUT2D eigenvalue weighted by atomic mass is 10.1. The van der Waals surface area contributed by atoms with Crippen molar-refractivity contribution in [2.24, 2.45) is 4.99 Å². The van der Waals surface area contributed by atoms with Crippen LogP contribution in [0.5, 0.6) is 11.6 Å². The van der Waals surface area contributed by atoms with Gasteiger partial charge in [0.05, 0.1) is 7.11 Å². The Labute approximate surface area is 161 Å². The van der Waals surface area contributed by atoms with Gasteiger partial charge >= 0.3 is 6.18 Å². The summed E-state index contributed by atoms with van der Waals surface area (Å²) in [6, 6.07) is 8.77. The first-order chi connectivity index (χ1) is 13.3. The molecule has 2 aromatic rings. The Morgan fingerprint density at radius 3 is 2.57 bits per heavy atom. The smallest absolute Gasteiger partial charge is 0.422 e. The topological polar surface area (TPSA) is 67.8 Å². The van der Waals surface area contributed by atoms with Crippen molar-refractivity contribution in [1.29, 1.82) is 0 Å². The molecule has 0 saturated heterocycles. The molecule has 0 atom stereocenters. The number of aliphatic imine (C=N–C) groups is 1. The summed E-state index contributed by atoms with van der Waals surface area (Å²) in [5.74, 6) is 1.20. The van der Waals surface area contributed by atoms with E-state index in [4.69, 9.17) is 9.47 Å². The monoisotopic (exact) mass is 396 g/mol. The largest absolute Gasteiger partial charge is 0.484 e. The summed E-state index contributed by atoms with van der Waals surface area (Å²) in [5.41, 5.74) is 2.36. The molecule has 0 spiro atoms. The third-order valence-electron chi connectivity index (χ3n) is 3.75. The van der Waals surface area contributed by atoms with Gasteiger partial charge in [-0.05, 0) is 30.2 Å². The van der Waals surface area contributed by atoms with Crippen molar-refractivity contribution in [3.05, 3.63) is 53.2 Å². The maximum absolute atomic E-state index is 12.5. The van der Waals surface area contributed by atoms with Crippen molar-refractivity contribution in [3.8, 4) is 11.6 Å². The number of hydrogen-bond acceptors (Lipinski definition) is 4. The van der Waals surface area contributed by atoms with Gasteiger partial charge in [0.25, 0.3) is 0 Å². The van der Waals surface area contributed by atoms with Gasteiger partial charge in [0.2, 0.25) is 5.88 Å². The molecular formula is C19H23F3N4O2. The minimum Gasteiger partial charge on any atom is -0.484 e. The van der Waals surface area contributed by atoms with Gasteiger partial charge < -0.3 is 20.1 Å². The third-order valence-corrected chi connectivity index (χ3v) is 3.75. The first kappa shape index (κ1) is 21.3. The standard InChI is InChI=1S/C19H23F3N4O2/c1-13-4-5-15(16(8-13)28-12-19(20,21)22)11-26-18(23-2)25-10-14-6-7-24-17(9-14)27-3/h4-9H,10-12H2,1-3H3,(H2,23,25,26). The molecule has 2 rings (SSSR count). The van der Waals surface area contributed by atoms with Crippen LogP contribution in [0.3, 0.4) is 0 Å². The lowest BCUT2D eigenvalue weighted by molar-refractivity contribution is -0.153. The minimum absolute atomic E-state index is 0.194. The van der Waals surface area contributed by atoms with Crippen LogP contribution in [-0.4, -0.2) is 37.9 Å². The number of alkyl halides is 3. The fraction of sp³-hybridized carbons (Fsp3) is 0.368. The van der Waals surface area contributed by atoms with Crippen LogP contribution in [0.25, 0.3) is 0 Å². The van der Waals surface area contributed by atoms with Crippen molar-refractivity contribution in [1.82, 2.24) is 15.6 Å². The number of rotatable bonds is 7. The quantitative estimate of drug-likeness (QED) is 0.556. The number of hydrogen-bond donors (Lipinski definition) is 2. The Morgan fingerprint density at radius 2 is 1.89 bits per heavy atom. The lowest BCUT2D eigenvalue weighted by Crippen LogP contribution is -2.36. The highest BCUT2D eigenvalue weighted by molar-refractivity contribution is 5.79. The van der Waals surface area contributed by atoms with Crippen molar-refractivity contribution in [2.75, 3.05) is 20.8 Å². The first-order valence-corrected chi connectivity index (χ1v) is 8.53. The second-order valence-electron chi connectivity index (χ2n) is 6.00. The van der Waals surface area contributed by atoms with Crippen LogP contribution >= 0.6 is 0 Å². The molecule has 0 amide bonds. The van der Waals surface area contributed by atoms with Crippen molar-refractivity contribution in [3.63, 3.8) is 0 Å². The second kappa shape index (κ2) is 9.82. The first-order valence-electron chi connectivity index (χ1n) is 8.53. The molecule has 1 aromatic carbocycles. The molecule has 0 aliphatic carbocycles. The van der Waals surface area contributed by atoms with Gasteiger partial charge in [-0.1, -0.05) is 12.1 Å². The van der Waals surface area contributed by atoms with Crippen molar-refractivity contribution < 1.29 is 22.6 Å². The lowest BCUT2D eigenvalue weighted by Gasteiger charge is -2.16. The van der Waals surface area contributed by atoms with E-state index in [1.807, 2.05) is 12.1 Å². The summed E-state index contributed by atoms with van der Waals surface area (Å²) in [4.78, 5) is 8.16. The number of guanidine groups is 1. The number of pyridine rings is 1. The Balaban J connectivity index is 1.97. The number of nitrogens with zero attached hydrogens (tertiary/aromatic N) is 2. The Hall–Kier alpha value is -2.97. The predicted octanol–water partition coefficient (Wildman–Crippen LogP) is 3.20. The molecule has 0 bridgehead atoms. The van der Waals surface area contributed by atoms with Gasteiger partial charge in [0.1, 0.15) is 5.75 Å². The summed E-state index contributed by atoms with van der Waals surface area (Å²) < 4.78 is 47.5. The molecule has 9 heteroatoms. The second-order valence-corrected chi connectivity index (χ2v) is 6.00. The van der Waals surface area contributed by atoms with Crippen molar-refractivity contribution >= 4 is 5.96 Å². The van der Waals surface area contributed by atoms with E-state index in [0.29, 0.717) is 23.9 Å². The summed E-state index contributed by atoms with van der Waals surface area (Å²) in [6.45, 7) is 1.19. The fourth-order valence-corrected chi connectivity index (χ4v) is 2.36. The molecule has 0 aliphatic heterocycles. The highest BCUT2D eigenvalue weighted by atomic mass is 19.4. The van der Waals surface area contributed by atoms with E-state index in [0.717, 1.165) is 11.1 Å². The molecule has 0 aliphatic rings. The number of aromatic nitrogens is 1. The maximum Gasteiger partial charge on any atom is 0.422 e. The molecule has 152 valence electrons. The molecule has 1 heterocycles. The molecule has 0 fully saturated rings. The zero-order valence-electron chi connectivity index (χ0n) is 15.9. The molecule has 1 aromatic heterocycles. The van der Waals surface area contributed by atoms with E-state index in [2.05, 4.69) is 20.6 Å². The molecule has 0 unspecified atom stereocenters. The number of aryl methyl sites for hydroxylation is 1.